The van der Waals surface area contributed by atoms with E-state index in [1.54, 1.807) is 17.2 Å². The molecule has 2 aliphatic rings. The third-order valence-corrected chi connectivity index (χ3v) is 3.09. The molecule has 2 aliphatic heterocycles. The first-order valence-electron chi connectivity index (χ1n) is 6.23. The highest BCUT2D eigenvalue weighted by atomic mass is 16.6. The summed E-state index contributed by atoms with van der Waals surface area (Å²) < 4.78 is 10.7. The lowest BCUT2D eigenvalue weighted by Crippen LogP contribution is -2.29. The molecule has 2 atom stereocenters. The number of aliphatic carboxylic acids is 1. The van der Waals surface area contributed by atoms with Gasteiger partial charge < -0.3 is 19.5 Å². The van der Waals surface area contributed by atoms with Crippen molar-refractivity contribution < 1.29 is 24.2 Å². The lowest BCUT2D eigenvalue weighted by molar-refractivity contribution is -0.146. The lowest BCUT2D eigenvalue weighted by Gasteiger charge is -2.26. The van der Waals surface area contributed by atoms with Crippen LogP contribution in [0.1, 0.15) is 26.2 Å². The molecule has 0 bridgehead atoms. The first-order valence-corrected chi connectivity index (χ1v) is 6.23. The summed E-state index contributed by atoms with van der Waals surface area (Å²) in [5.74, 6) is -1.23. The Labute approximate surface area is 111 Å². The minimum Gasteiger partial charge on any atom is -0.478 e. The number of carbonyl (C=O) groups excluding carboxylic acids is 1. The highest BCUT2D eigenvalue weighted by molar-refractivity contribution is 5.87. The number of hydrogen-bond donors (Lipinski definition) is 1. The number of allylic oxidation sites excluding steroid dienone is 1. The molecule has 1 fully saturated rings. The highest BCUT2D eigenvalue weighted by Crippen LogP contribution is 2.26. The summed E-state index contributed by atoms with van der Waals surface area (Å²) in [7, 11) is 0. The van der Waals surface area contributed by atoms with Crippen molar-refractivity contribution in [3.63, 3.8) is 0 Å². The van der Waals surface area contributed by atoms with E-state index in [2.05, 4.69) is 0 Å². The van der Waals surface area contributed by atoms with Crippen LogP contribution in [0.15, 0.2) is 24.0 Å². The van der Waals surface area contributed by atoms with Gasteiger partial charge in [-0.05, 0) is 12.8 Å². The smallest absolute Gasteiger partial charge is 0.333 e. The molecule has 0 aromatic heterocycles. The molecule has 1 saturated heterocycles. The van der Waals surface area contributed by atoms with Gasteiger partial charge in [0.2, 0.25) is 0 Å². The van der Waals surface area contributed by atoms with Gasteiger partial charge in [0, 0.05) is 25.7 Å². The predicted molar refractivity (Wildman–Crippen MR) is 65.8 cm³/mol. The van der Waals surface area contributed by atoms with Crippen molar-refractivity contribution in [3.8, 4) is 0 Å². The highest BCUT2D eigenvalue weighted by Gasteiger charge is 2.30. The third-order valence-electron chi connectivity index (χ3n) is 3.09. The van der Waals surface area contributed by atoms with Gasteiger partial charge in [-0.15, -0.1) is 0 Å². The SMILES string of the molecule is CC(=O)OCC1CCC(N2C=CCC(C(=O)O)=C2)O1. The zero-order valence-electron chi connectivity index (χ0n) is 10.7. The normalized spacial score (nSPS) is 26.2. The van der Waals surface area contributed by atoms with E-state index in [1.807, 2.05) is 6.20 Å². The number of hydrogen-bond acceptors (Lipinski definition) is 5. The van der Waals surface area contributed by atoms with Crippen LogP contribution in [0.4, 0.5) is 0 Å². The minimum absolute atomic E-state index is 0.120. The van der Waals surface area contributed by atoms with Crippen LogP contribution >= 0.6 is 0 Å². The minimum atomic E-state index is -0.913. The standard InChI is InChI=1S/C13H17NO5/c1-9(15)18-8-11-4-5-12(19-11)14-6-2-3-10(7-14)13(16)17/h2,6-7,11-12H,3-5,8H2,1H3,(H,16,17). The van der Waals surface area contributed by atoms with Crippen molar-refractivity contribution >= 4 is 11.9 Å². The fourth-order valence-corrected chi connectivity index (χ4v) is 2.14. The zero-order chi connectivity index (χ0) is 13.8. The molecule has 0 aliphatic carbocycles. The fraction of sp³-hybridized carbons (Fsp3) is 0.538. The Hall–Kier alpha value is -1.82. The van der Waals surface area contributed by atoms with Crippen molar-refractivity contribution in [1.29, 1.82) is 0 Å². The average molecular weight is 267 g/mol. The molecular formula is C13H17NO5. The van der Waals surface area contributed by atoms with Gasteiger partial charge in [0.05, 0.1) is 11.7 Å². The van der Waals surface area contributed by atoms with Crippen LogP contribution in [0.25, 0.3) is 0 Å². The number of carbonyl (C=O) groups is 2. The molecule has 6 nitrogen and oxygen atoms in total. The lowest BCUT2D eigenvalue weighted by atomic mass is 10.1. The summed E-state index contributed by atoms with van der Waals surface area (Å²) in [5, 5.41) is 8.97. The van der Waals surface area contributed by atoms with Crippen molar-refractivity contribution in [2.75, 3.05) is 6.61 Å². The average Bonchev–Trinajstić information content (AvgIpc) is 2.85. The van der Waals surface area contributed by atoms with E-state index in [-0.39, 0.29) is 24.9 Å². The Morgan fingerprint density at radius 2 is 2.32 bits per heavy atom. The first kappa shape index (κ1) is 13.6. The summed E-state index contributed by atoms with van der Waals surface area (Å²) >= 11 is 0. The zero-order valence-corrected chi connectivity index (χ0v) is 10.7. The summed E-state index contributed by atoms with van der Waals surface area (Å²) in [6.07, 6.45) is 6.91. The van der Waals surface area contributed by atoms with Gasteiger partial charge in [-0.1, -0.05) is 6.08 Å². The second-order valence-electron chi connectivity index (χ2n) is 4.59. The molecule has 19 heavy (non-hydrogen) atoms. The van der Waals surface area contributed by atoms with Crippen LogP contribution in [0.3, 0.4) is 0 Å². The second kappa shape index (κ2) is 5.88. The van der Waals surface area contributed by atoms with Crippen LogP contribution < -0.4 is 0 Å². The van der Waals surface area contributed by atoms with Crippen LogP contribution in [0.2, 0.25) is 0 Å². The first-order chi connectivity index (χ1) is 9.06. The van der Waals surface area contributed by atoms with E-state index >= 15 is 0 Å². The molecule has 0 aromatic carbocycles. The number of carboxylic acids is 1. The Morgan fingerprint density at radius 3 is 3.00 bits per heavy atom. The largest absolute Gasteiger partial charge is 0.478 e. The molecule has 0 spiro atoms. The van der Waals surface area contributed by atoms with Crippen LogP contribution in [0, 0.1) is 0 Å². The van der Waals surface area contributed by atoms with E-state index < -0.39 is 5.97 Å². The van der Waals surface area contributed by atoms with E-state index in [9.17, 15) is 9.59 Å². The molecule has 6 heteroatoms. The maximum atomic E-state index is 10.9. The Bertz CT molecular complexity index is 429. The molecule has 2 rings (SSSR count). The maximum absolute atomic E-state index is 10.9. The van der Waals surface area contributed by atoms with Gasteiger partial charge in [0.25, 0.3) is 0 Å². The molecule has 1 N–H and O–H groups in total. The van der Waals surface area contributed by atoms with Crippen molar-refractivity contribution in [2.24, 2.45) is 0 Å². The molecule has 104 valence electrons. The van der Waals surface area contributed by atoms with Crippen LogP contribution in [-0.2, 0) is 19.1 Å². The molecule has 0 aromatic rings. The molecule has 0 radical (unpaired) electrons. The topological polar surface area (TPSA) is 76.1 Å². The van der Waals surface area contributed by atoms with Gasteiger partial charge >= 0.3 is 11.9 Å². The molecule has 2 unspecified atom stereocenters. The molecule has 0 amide bonds. The van der Waals surface area contributed by atoms with Crippen molar-refractivity contribution in [3.05, 3.63) is 24.0 Å². The predicted octanol–water partition coefficient (Wildman–Crippen LogP) is 1.24. The van der Waals surface area contributed by atoms with E-state index in [0.29, 0.717) is 12.0 Å². The molecule has 0 saturated carbocycles. The molecular weight excluding hydrogens is 250 g/mol. The number of rotatable bonds is 4. The Balaban J connectivity index is 1.90. The number of carboxylic acid groups (broad SMARTS) is 1. The summed E-state index contributed by atoms with van der Waals surface area (Å²) in [6.45, 7) is 1.61. The summed E-state index contributed by atoms with van der Waals surface area (Å²) in [4.78, 5) is 23.4. The number of nitrogens with zero attached hydrogens (tertiary/aromatic N) is 1. The summed E-state index contributed by atoms with van der Waals surface area (Å²) in [6, 6.07) is 0. The Morgan fingerprint density at radius 1 is 1.53 bits per heavy atom. The quantitative estimate of drug-likeness (QED) is 0.772. The van der Waals surface area contributed by atoms with Crippen molar-refractivity contribution in [1.82, 2.24) is 4.90 Å². The maximum Gasteiger partial charge on any atom is 0.333 e. The van der Waals surface area contributed by atoms with Crippen LogP contribution in [0.5, 0.6) is 0 Å². The third kappa shape index (κ3) is 3.57. The van der Waals surface area contributed by atoms with E-state index in [1.165, 1.54) is 6.92 Å². The fourth-order valence-electron chi connectivity index (χ4n) is 2.14. The monoisotopic (exact) mass is 267 g/mol. The second-order valence-corrected chi connectivity index (χ2v) is 4.59. The number of esters is 1. The Kier molecular flexibility index (Phi) is 4.21. The van der Waals surface area contributed by atoms with Gasteiger partial charge in [0.1, 0.15) is 12.8 Å². The summed E-state index contributed by atoms with van der Waals surface area (Å²) in [5.41, 5.74) is 0.342. The van der Waals surface area contributed by atoms with Gasteiger partial charge in [-0.2, -0.15) is 0 Å². The molecule has 2 heterocycles. The van der Waals surface area contributed by atoms with E-state index in [0.717, 1.165) is 12.8 Å². The van der Waals surface area contributed by atoms with Gasteiger partial charge in [0.15, 0.2) is 0 Å². The van der Waals surface area contributed by atoms with Crippen molar-refractivity contribution in [2.45, 2.75) is 38.5 Å². The van der Waals surface area contributed by atoms with E-state index in [4.69, 9.17) is 14.6 Å². The van der Waals surface area contributed by atoms with Gasteiger partial charge in [-0.3, -0.25) is 4.79 Å². The van der Waals surface area contributed by atoms with Gasteiger partial charge in [-0.25, -0.2) is 4.79 Å². The van der Waals surface area contributed by atoms with Crippen LogP contribution in [-0.4, -0.2) is 40.9 Å². The number of ether oxygens (including phenoxy) is 2.